The highest BCUT2D eigenvalue weighted by Gasteiger charge is 2.65. The molecule has 6 nitrogen and oxygen atoms in total. The summed E-state index contributed by atoms with van der Waals surface area (Å²) in [5.41, 5.74) is 0.132. The van der Waals surface area contributed by atoms with Crippen LogP contribution in [0.5, 0.6) is 5.75 Å². The van der Waals surface area contributed by atoms with Gasteiger partial charge in [0.05, 0.1) is 5.69 Å². The van der Waals surface area contributed by atoms with Crippen LogP contribution < -0.4 is 9.64 Å². The number of alkyl halides is 3. The summed E-state index contributed by atoms with van der Waals surface area (Å²) in [5.74, 6) is -0.787. The minimum absolute atomic E-state index is 0.203. The first kappa shape index (κ1) is 18.7. The maximum Gasteiger partial charge on any atom is 0.573 e. The summed E-state index contributed by atoms with van der Waals surface area (Å²) in [6, 6.07) is 7.69. The van der Waals surface area contributed by atoms with Crippen LogP contribution >= 0.6 is 15.9 Å². The summed E-state index contributed by atoms with van der Waals surface area (Å²) in [7, 11) is 0. The molecule has 0 atom stereocenters. The van der Waals surface area contributed by atoms with Crippen molar-refractivity contribution in [2.24, 2.45) is 0 Å². The number of hydrogen-bond donors (Lipinski definition) is 0. The summed E-state index contributed by atoms with van der Waals surface area (Å²) in [5, 5.41) is 0. The van der Waals surface area contributed by atoms with Crippen LogP contribution in [0.15, 0.2) is 47.2 Å². The third-order valence-corrected chi connectivity index (χ3v) is 5.16. The Balaban J connectivity index is 1.59. The minimum Gasteiger partial charge on any atom is -0.406 e. The number of rotatable bonds is 4. The number of benzene rings is 1. The van der Waals surface area contributed by atoms with Gasteiger partial charge in [-0.2, -0.15) is 0 Å². The average Bonchev–Trinajstić information content (AvgIpc) is 3.38. The molecule has 0 unspecified atom stereocenters. The first-order valence-electron chi connectivity index (χ1n) is 8.32. The molecule has 2 fully saturated rings. The molecule has 2 aliphatic rings. The van der Waals surface area contributed by atoms with Crippen LogP contribution in [0, 0.1) is 0 Å². The van der Waals surface area contributed by atoms with E-state index in [1.807, 2.05) is 0 Å². The van der Waals surface area contributed by atoms with Crippen LogP contribution in [0.3, 0.4) is 0 Å². The second-order valence-electron chi connectivity index (χ2n) is 6.57. The fraction of sp³-hybridized carbons (Fsp3) is 0.278. The van der Waals surface area contributed by atoms with Gasteiger partial charge in [-0.15, -0.1) is 13.2 Å². The molecule has 3 amide bonds. The van der Waals surface area contributed by atoms with Crippen LogP contribution in [0.2, 0.25) is 0 Å². The normalized spacial score (nSPS) is 18.1. The topological polar surface area (TPSA) is 62.7 Å². The van der Waals surface area contributed by atoms with E-state index in [4.69, 9.17) is 0 Å². The second-order valence-corrected chi connectivity index (χ2v) is 7.38. The molecule has 2 aromatic rings. The molecule has 1 aromatic carbocycles. The SMILES string of the molecule is O=C1N(c2ccc(OC(F)(F)F)cc2)C(=O)C2(CC2)N1Cc1ccnc(Br)c1. The van der Waals surface area contributed by atoms with Gasteiger partial charge in [0.15, 0.2) is 0 Å². The molecule has 0 N–H and O–H groups in total. The average molecular weight is 456 g/mol. The lowest BCUT2D eigenvalue weighted by atomic mass is 10.2. The summed E-state index contributed by atoms with van der Waals surface area (Å²) in [6.07, 6.45) is -2.11. The van der Waals surface area contributed by atoms with E-state index in [9.17, 15) is 22.8 Å². The Bertz CT molecular complexity index is 945. The number of halogens is 4. The highest BCUT2D eigenvalue weighted by atomic mass is 79.9. The van der Waals surface area contributed by atoms with E-state index < -0.39 is 23.7 Å². The van der Waals surface area contributed by atoms with Crippen molar-refractivity contribution in [3.63, 3.8) is 0 Å². The fourth-order valence-corrected chi connectivity index (χ4v) is 3.70. The lowest BCUT2D eigenvalue weighted by molar-refractivity contribution is -0.274. The third kappa shape index (κ3) is 3.32. The Labute approximate surface area is 166 Å². The van der Waals surface area contributed by atoms with Gasteiger partial charge in [-0.05, 0) is 70.7 Å². The number of ether oxygens (including phenoxy) is 1. The number of aromatic nitrogens is 1. The van der Waals surface area contributed by atoms with Crippen LogP contribution in [0.4, 0.5) is 23.7 Å². The second kappa shape index (κ2) is 6.47. The van der Waals surface area contributed by atoms with Crippen LogP contribution in [0.1, 0.15) is 18.4 Å². The molecular weight excluding hydrogens is 443 g/mol. The van der Waals surface area contributed by atoms with E-state index in [2.05, 4.69) is 25.7 Å². The number of carbonyl (C=O) groups excluding carboxylic acids is 2. The maximum atomic E-state index is 13.0. The maximum absolute atomic E-state index is 13.0. The largest absolute Gasteiger partial charge is 0.573 e. The number of hydrogen-bond acceptors (Lipinski definition) is 4. The summed E-state index contributed by atoms with van der Waals surface area (Å²) < 4.78 is 41.4. The molecular formula is C18H13BrF3N3O3. The highest BCUT2D eigenvalue weighted by Crippen LogP contribution is 2.49. The van der Waals surface area contributed by atoms with Crippen molar-refractivity contribution >= 4 is 33.6 Å². The highest BCUT2D eigenvalue weighted by molar-refractivity contribution is 9.10. The van der Waals surface area contributed by atoms with Crippen LogP contribution in [0.25, 0.3) is 0 Å². The number of nitrogens with zero attached hydrogens (tertiary/aromatic N) is 3. The molecule has 1 saturated carbocycles. The number of amides is 3. The number of imide groups is 1. The standard InChI is InChI=1S/C18H13BrF3N3O3/c19-14-9-11(5-8-23-14)10-24-16(27)25(15(26)17(24)6-7-17)12-1-3-13(4-2-12)28-18(20,21)22/h1-5,8-9H,6-7,10H2. The Morgan fingerprint density at radius 3 is 2.39 bits per heavy atom. The van der Waals surface area contributed by atoms with Crippen molar-refractivity contribution in [3.8, 4) is 5.75 Å². The molecule has 146 valence electrons. The van der Waals surface area contributed by atoms with Gasteiger partial charge in [0.1, 0.15) is 15.9 Å². The lowest BCUT2D eigenvalue weighted by Crippen LogP contribution is -2.36. The van der Waals surface area contributed by atoms with E-state index in [1.54, 1.807) is 18.3 Å². The number of urea groups is 1. The predicted molar refractivity (Wildman–Crippen MR) is 95.5 cm³/mol. The van der Waals surface area contributed by atoms with Crippen molar-refractivity contribution < 1.29 is 27.5 Å². The van der Waals surface area contributed by atoms with Gasteiger partial charge in [-0.1, -0.05) is 0 Å². The summed E-state index contributed by atoms with van der Waals surface area (Å²) in [4.78, 5) is 32.4. The number of pyridine rings is 1. The van der Waals surface area contributed by atoms with E-state index >= 15 is 0 Å². The smallest absolute Gasteiger partial charge is 0.406 e. The lowest BCUT2D eigenvalue weighted by Gasteiger charge is -2.21. The fourth-order valence-electron chi connectivity index (χ4n) is 3.28. The first-order valence-corrected chi connectivity index (χ1v) is 9.11. The zero-order valence-electron chi connectivity index (χ0n) is 14.2. The molecule has 0 radical (unpaired) electrons. The quantitative estimate of drug-likeness (QED) is 0.510. The Morgan fingerprint density at radius 2 is 1.82 bits per heavy atom. The van der Waals surface area contributed by atoms with Gasteiger partial charge >= 0.3 is 12.4 Å². The van der Waals surface area contributed by atoms with Gasteiger partial charge in [0, 0.05) is 12.7 Å². The Morgan fingerprint density at radius 1 is 1.14 bits per heavy atom. The predicted octanol–water partition coefficient (Wildman–Crippen LogP) is 4.24. The molecule has 1 aliphatic heterocycles. The molecule has 1 aliphatic carbocycles. The molecule has 1 saturated heterocycles. The molecule has 4 rings (SSSR count). The van der Waals surface area contributed by atoms with Gasteiger partial charge in [-0.3, -0.25) is 4.79 Å². The van der Waals surface area contributed by atoms with Gasteiger partial charge in [0.2, 0.25) is 0 Å². The molecule has 1 aromatic heterocycles. The number of anilines is 1. The summed E-state index contributed by atoms with van der Waals surface area (Å²) >= 11 is 3.27. The molecule has 10 heteroatoms. The van der Waals surface area contributed by atoms with Gasteiger partial charge < -0.3 is 9.64 Å². The number of carbonyl (C=O) groups is 2. The minimum atomic E-state index is -4.81. The van der Waals surface area contributed by atoms with Gasteiger partial charge in [-0.25, -0.2) is 14.7 Å². The zero-order valence-corrected chi connectivity index (χ0v) is 15.8. The van der Waals surface area contributed by atoms with E-state index in [-0.39, 0.29) is 18.1 Å². The third-order valence-electron chi connectivity index (χ3n) is 4.72. The van der Waals surface area contributed by atoms with Crippen LogP contribution in [-0.4, -0.2) is 33.7 Å². The molecule has 1 spiro atoms. The van der Waals surface area contributed by atoms with E-state index in [0.717, 1.165) is 22.6 Å². The van der Waals surface area contributed by atoms with E-state index in [1.165, 1.54) is 17.0 Å². The van der Waals surface area contributed by atoms with Crippen molar-refractivity contribution in [1.82, 2.24) is 9.88 Å². The molecule has 2 heterocycles. The Kier molecular flexibility index (Phi) is 4.33. The van der Waals surface area contributed by atoms with Crippen molar-refractivity contribution in [2.45, 2.75) is 31.3 Å². The first-order chi connectivity index (χ1) is 13.2. The molecule has 28 heavy (non-hydrogen) atoms. The Hall–Kier alpha value is -2.62. The van der Waals surface area contributed by atoms with Crippen LogP contribution in [-0.2, 0) is 11.3 Å². The van der Waals surface area contributed by atoms with Crippen molar-refractivity contribution in [1.29, 1.82) is 0 Å². The summed E-state index contributed by atoms with van der Waals surface area (Å²) in [6.45, 7) is 0.234. The molecule has 0 bridgehead atoms. The van der Waals surface area contributed by atoms with Crippen molar-refractivity contribution in [3.05, 3.63) is 52.8 Å². The monoisotopic (exact) mass is 455 g/mol. The van der Waals surface area contributed by atoms with Crippen molar-refractivity contribution in [2.75, 3.05) is 4.90 Å². The van der Waals surface area contributed by atoms with Gasteiger partial charge in [0.25, 0.3) is 5.91 Å². The van der Waals surface area contributed by atoms with E-state index in [0.29, 0.717) is 17.4 Å². The zero-order chi connectivity index (χ0) is 20.1.